The average molecular weight is 353 g/mol. The van der Waals surface area contributed by atoms with Crippen molar-refractivity contribution in [2.24, 2.45) is 5.10 Å². The van der Waals surface area contributed by atoms with E-state index in [-0.39, 0.29) is 11.4 Å². The second-order valence-corrected chi connectivity index (χ2v) is 5.96. The van der Waals surface area contributed by atoms with Crippen molar-refractivity contribution in [1.82, 2.24) is 10.4 Å². The van der Waals surface area contributed by atoms with Gasteiger partial charge in [-0.3, -0.25) is 19.9 Å². The van der Waals surface area contributed by atoms with Crippen molar-refractivity contribution in [2.75, 3.05) is 18.0 Å². The number of anilines is 1. The van der Waals surface area contributed by atoms with Gasteiger partial charge < -0.3 is 4.90 Å². The fourth-order valence-electron chi connectivity index (χ4n) is 2.90. The highest BCUT2D eigenvalue weighted by Crippen LogP contribution is 2.26. The van der Waals surface area contributed by atoms with Gasteiger partial charge in [-0.05, 0) is 37.5 Å². The van der Waals surface area contributed by atoms with Crippen LogP contribution in [0.1, 0.15) is 35.3 Å². The normalized spacial score (nSPS) is 14.4. The number of benzene rings is 1. The fourth-order valence-corrected chi connectivity index (χ4v) is 2.90. The number of nitrogens with zero attached hydrogens (tertiary/aromatic N) is 4. The molecule has 1 saturated heterocycles. The summed E-state index contributed by atoms with van der Waals surface area (Å²) in [6.07, 6.45) is 6.33. The molecule has 1 amide bonds. The van der Waals surface area contributed by atoms with Gasteiger partial charge in [0.2, 0.25) is 0 Å². The number of aromatic nitrogens is 1. The number of hydrogen-bond donors (Lipinski definition) is 1. The predicted octanol–water partition coefficient (Wildman–Crippen LogP) is 2.74. The molecule has 0 saturated carbocycles. The van der Waals surface area contributed by atoms with Crippen LogP contribution >= 0.6 is 0 Å². The number of rotatable bonds is 5. The fraction of sp³-hybridized carbons (Fsp3) is 0.278. The van der Waals surface area contributed by atoms with Crippen LogP contribution in [0.2, 0.25) is 0 Å². The van der Waals surface area contributed by atoms with Gasteiger partial charge in [0, 0.05) is 42.7 Å². The predicted molar refractivity (Wildman–Crippen MR) is 98.5 cm³/mol. The minimum absolute atomic E-state index is 0.0109. The van der Waals surface area contributed by atoms with E-state index < -0.39 is 10.8 Å². The zero-order chi connectivity index (χ0) is 18.4. The Morgan fingerprint density at radius 3 is 2.73 bits per heavy atom. The molecule has 2 heterocycles. The largest absolute Gasteiger partial charge is 0.371 e. The quantitative estimate of drug-likeness (QED) is 0.506. The van der Waals surface area contributed by atoms with Crippen LogP contribution in [0, 0.1) is 10.1 Å². The molecule has 0 unspecified atom stereocenters. The van der Waals surface area contributed by atoms with E-state index in [2.05, 4.69) is 20.4 Å². The van der Waals surface area contributed by atoms with Crippen molar-refractivity contribution < 1.29 is 9.72 Å². The Morgan fingerprint density at radius 2 is 2.04 bits per heavy atom. The molecule has 3 rings (SSSR count). The summed E-state index contributed by atoms with van der Waals surface area (Å²) in [6.45, 7) is 1.80. The monoisotopic (exact) mass is 353 g/mol. The first-order chi connectivity index (χ1) is 12.6. The maximum absolute atomic E-state index is 12.0. The van der Waals surface area contributed by atoms with Crippen LogP contribution in [0.15, 0.2) is 47.7 Å². The number of pyridine rings is 1. The minimum Gasteiger partial charge on any atom is -0.371 e. The van der Waals surface area contributed by atoms with Gasteiger partial charge in [0.25, 0.3) is 11.6 Å². The summed E-state index contributed by atoms with van der Waals surface area (Å²) in [6, 6.07) is 9.71. The number of hydrazone groups is 1. The van der Waals surface area contributed by atoms with Crippen LogP contribution in [0.5, 0.6) is 0 Å². The second-order valence-electron chi connectivity index (χ2n) is 5.96. The van der Waals surface area contributed by atoms with E-state index >= 15 is 0 Å². The Balaban J connectivity index is 1.80. The Morgan fingerprint density at radius 1 is 1.23 bits per heavy atom. The maximum atomic E-state index is 12.0. The first-order valence-corrected chi connectivity index (χ1v) is 8.43. The average Bonchev–Trinajstić information content (AvgIpc) is 2.69. The molecule has 0 spiro atoms. The highest BCUT2D eigenvalue weighted by atomic mass is 16.6. The van der Waals surface area contributed by atoms with Crippen molar-refractivity contribution in [2.45, 2.75) is 19.3 Å². The Hall–Kier alpha value is -3.29. The van der Waals surface area contributed by atoms with Gasteiger partial charge in [-0.2, -0.15) is 5.10 Å². The van der Waals surface area contributed by atoms with Crippen molar-refractivity contribution in [1.29, 1.82) is 0 Å². The van der Waals surface area contributed by atoms with E-state index in [0.717, 1.165) is 31.6 Å². The van der Waals surface area contributed by atoms with Gasteiger partial charge in [0.05, 0.1) is 11.1 Å². The van der Waals surface area contributed by atoms with Crippen molar-refractivity contribution in [3.63, 3.8) is 0 Å². The molecule has 0 bridgehead atoms. The van der Waals surface area contributed by atoms with Gasteiger partial charge in [0.15, 0.2) is 0 Å². The van der Waals surface area contributed by atoms with E-state index in [1.54, 1.807) is 24.3 Å². The summed E-state index contributed by atoms with van der Waals surface area (Å²) in [5.74, 6) is -0.438. The molecule has 1 aliphatic heterocycles. The Bertz CT molecular complexity index is 817. The lowest BCUT2D eigenvalue weighted by atomic mass is 10.1. The lowest BCUT2D eigenvalue weighted by Crippen LogP contribution is -2.30. The van der Waals surface area contributed by atoms with Gasteiger partial charge >= 0.3 is 0 Å². The van der Waals surface area contributed by atoms with Gasteiger partial charge in [-0.1, -0.05) is 6.07 Å². The zero-order valence-electron chi connectivity index (χ0n) is 14.2. The molecule has 8 nitrogen and oxygen atoms in total. The van der Waals surface area contributed by atoms with Crippen LogP contribution < -0.4 is 10.3 Å². The number of nitro benzene ring substituents is 1. The molecular weight excluding hydrogens is 334 g/mol. The molecule has 1 aromatic carbocycles. The number of nitrogens with one attached hydrogen (secondary N) is 1. The van der Waals surface area contributed by atoms with E-state index in [1.807, 2.05) is 0 Å². The van der Waals surface area contributed by atoms with Crippen molar-refractivity contribution in [3.8, 4) is 0 Å². The topological polar surface area (TPSA) is 101 Å². The van der Waals surface area contributed by atoms with E-state index in [4.69, 9.17) is 0 Å². The molecule has 26 heavy (non-hydrogen) atoms. The van der Waals surface area contributed by atoms with Gasteiger partial charge in [0.1, 0.15) is 5.69 Å². The highest BCUT2D eigenvalue weighted by molar-refractivity contribution is 5.94. The maximum Gasteiger partial charge on any atom is 0.289 e. The zero-order valence-corrected chi connectivity index (χ0v) is 14.2. The molecular formula is C18H19N5O3. The molecule has 8 heteroatoms. The van der Waals surface area contributed by atoms with Crippen LogP contribution in [0.3, 0.4) is 0 Å². The summed E-state index contributed by atoms with van der Waals surface area (Å²) in [7, 11) is 0. The third kappa shape index (κ3) is 4.21. The Kier molecular flexibility index (Phi) is 5.52. The molecule has 134 valence electrons. The van der Waals surface area contributed by atoms with Gasteiger partial charge in [-0.25, -0.2) is 5.43 Å². The standard InChI is InChI=1S/C18H19N5O3/c24-18(16-6-2-3-9-19-16)21-20-13-14-12-15(23(25)26)7-8-17(14)22-10-4-1-5-11-22/h2-3,6-9,12-13H,1,4-5,10-11H2,(H,21,24)/b20-13-. The second kappa shape index (κ2) is 8.19. The lowest BCUT2D eigenvalue weighted by molar-refractivity contribution is -0.384. The van der Waals surface area contributed by atoms with Crippen LogP contribution in [0.25, 0.3) is 0 Å². The first kappa shape index (κ1) is 17.5. The molecule has 0 aliphatic carbocycles. The van der Waals surface area contributed by atoms with Gasteiger partial charge in [-0.15, -0.1) is 0 Å². The molecule has 0 atom stereocenters. The summed E-state index contributed by atoms with van der Waals surface area (Å²) in [5, 5.41) is 15.0. The number of nitro groups is 1. The van der Waals surface area contributed by atoms with Crippen LogP contribution in [0.4, 0.5) is 11.4 Å². The Labute approximate surface area is 150 Å². The smallest absolute Gasteiger partial charge is 0.289 e. The number of amides is 1. The number of hydrogen-bond acceptors (Lipinski definition) is 6. The SMILES string of the molecule is O=C(N/N=C\c1cc([N+](=O)[O-])ccc1N1CCCCC1)c1ccccn1. The molecule has 1 aliphatic rings. The highest BCUT2D eigenvalue weighted by Gasteiger charge is 2.17. The van der Waals surface area contributed by atoms with Crippen molar-refractivity contribution >= 4 is 23.5 Å². The van der Waals surface area contributed by atoms with Crippen molar-refractivity contribution in [3.05, 3.63) is 64.0 Å². The third-order valence-corrected chi connectivity index (χ3v) is 4.19. The minimum atomic E-state index is -0.441. The van der Waals surface area contributed by atoms with E-state index in [0.29, 0.717) is 5.56 Å². The molecule has 1 N–H and O–H groups in total. The summed E-state index contributed by atoms with van der Waals surface area (Å²) in [4.78, 5) is 28.8. The summed E-state index contributed by atoms with van der Waals surface area (Å²) >= 11 is 0. The van der Waals surface area contributed by atoms with Crippen LogP contribution in [-0.2, 0) is 0 Å². The molecule has 1 aromatic heterocycles. The van der Waals surface area contributed by atoms with Crippen LogP contribution in [-0.4, -0.2) is 35.1 Å². The third-order valence-electron chi connectivity index (χ3n) is 4.19. The molecule has 1 fully saturated rings. The summed E-state index contributed by atoms with van der Waals surface area (Å²) < 4.78 is 0. The van der Waals surface area contributed by atoms with E-state index in [9.17, 15) is 14.9 Å². The molecule has 0 radical (unpaired) electrons. The number of non-ortho nitro benzene ring substituents is 1. The molecule has 2 aromatic rings. The number of carbonyl (C=O) groups is 1. The lowest BCUT2D eigenvalue weighted by Gasteiger charge is -2.29. The number of piperidine rings is 1. The number of carbonyl (C=O) groups excluding carboxylic acids is 1. The van der Waals surface area contributed by atoms with E-state index in [1.165, 1.54) is 31.0 Å². The summed E-state index contributed by atoms with van der Waals surface area (Å²) in [5.41, 5.74) is 4.13. The first-order valence-electron chi connectivity index (χ1n) is 8.43.